The van der Waals surface area contributed by atoms with Crippen LogP contribution in [0, 0.1) is 23.7 Å². The number of pyridine rings is 2. The highest BCUT2D eigenvalue weighted by Crippen LogP contribution is 2.46. The molecule has 2 unspecified atom stereocenters. The average molecular weight is 729 g/mol. The van der Waals surface area contributed by atoms with Gasteiger partial charge in [0.05, 0.1) is 37.3 Å². The van der Waals surface area contributed by atoms with Gasteiger partial charge in [0.15, 0.2) is 0 Å². The molecule has 6 aliphatic heterocycles. The topological polar surface area (TPSA) is 95.0 Å². The Morgan fingerprint density at radius 1 is 0.630 bits per heavy atom. The average Bonchev–Trinajstić information content (AvgIpc) is 3.24. The van der Waals surface area contributed by atoms with E-state index in [-0.39, 0.29) is 24.3 Å². The minimum Gasteiger partial charge on any atom is -0.497 e. The molecule has 282 valence electrons. The quantitative estimate of drug-likeness (QED) is 0.126. The van der Waals surface area contributed by atoms with E-state index in [1.54, 1.807) is 14.2 Å². The summed E-state index contributed by atoms with van der Waals surface area (Å²) in [6, 6.07) is 20.6. The molecule has 0 amide bonds. The largest absolute Gasteiger partial charge is 0.497 e. The Morgan fingerprint density at radius 3 is 1.46 bits per heavy atom. The zero-order chi connectivity index (χ0) is 36.8. The van der Waals surface area contributed by atoms with Gasteiger partial charge in [-0.05, 0) is 111 Å². The third kappa shape index (κ3) is 6.51. The molecule has 0 saturated carbocycles. The smallest absolute Gasteiger partial charge is 0.234 e. The van der Waals surface area contributed by atoms with E-state index in [1.807, 2.05) is 48.8 Å². The Labute approximate surface area is 318 Å². The Kier molecular flexibility index (Phi) is 9.74. The Balaban J connectivity index is 1.04. The summed E-state index contributed by atoms with van der Waals surface area (Å²) in [4.78, 5) is 14.7. The normalized spacial score (nSPS) is 28.5. The minimum absolute atomic E-state index is 0.213. The summed E-state index contributed by atoms with van der Waals surface area (Å²) in [6.45, 7) is 9.04. The number of methoxy groups -OCH3 is 2. The fraction of sp³-hybridized carbons (Fsp3) is 0.500. The van der Waals surface area contributed by atoms with Crippen LogP contribution in [-0.2, 0) is 0 Å². The number of hydrogen-bond donors (Lipinski definition) is 0. The van der Waals surface area contributed by atoms with Crippen LogP contribution in [0.5, 0.6) is 23.3 Å². The standard InChI is InChI=1S/C44H52N6O4/c1-5-27-25-49-19-15-29(27)21-39(49)43(33-13-17-45-37-9-7-31(51-3)23-35(33)37)53-41-11-12-42(48-47-41)54-44(40-22-30-16-20-50(40)26-28(30)6-2)34-14-18-46-38-10-8-32(52-4)24-36(34)38/h7-14,17-18,23-24,27-30,39-40,43-44H,5-6,15-16,19-22,25-26H2,1-4H3/t27-,28-,29-,30-,39-,40+,43+,44-/m0/s1. The molecule has 10 heteroatoms. The summed E-state index contributed by atoms with van der Waals surface area (Å²) >= 11 is 0. The van der Waals surface area contributed by atoms with Crippen LogP contribution < -0.4 is 18.9 Å². The number of fused-ring (bicyclic) bond motifs is 8. The van der Waals surface area contributed by atoms with Crippen molar-refractivity contribution in [3.63, 3.8) is 0 Å². The summed E-state index contributed by atoms with van der Waals surface area (Å²) in [6.07, 6.45) is 10.4. The molecule has 0 aliphatic carbocycles. The molecule has 11 rings (SSSR count). The molecule has 6 fully saturated rings. The first kappa shape index (κ1) is 35.2. The van der Waals surface area contributed by atoms with E-state index in [4.69, 9.17) is 39.1 Å². The molecule has 0 radical (unpaired) electrons. The molecule has 4 bridgehead atoms. The van der Waals surface area contributed by atoms with Gasteiger partial charge in [-0.25, -0.2) is 0 Å². The van der Waals surface area contributed by atoms with Gasteiger partial charge in [0.1, 0.15) is 23.7 Å². The van der Waals surface area contributed by atoms with Crippen molar-refractivity contribution >= 4 is 21.8 Å². The summed E-state index contributed by atoms with van der Waals surface area (Å²) in [7, 11) is 3.41. The van der Waals surface area contributed by atoms with Crippen LogP contribution in [0.1, 0.15) is 75.7 Å². The second kappa shape index (κ2) is 14.9. The van der Waals surface area contributed by atoms with Crippen LogP contribution in [0.25, 0.3) is 21.8 Å². The first-order valence-electron chi connectivity index (χ1n) is 20.0. The van der Waals surface area contributed by atoms with Gasteiger partial charge in [-0.1, -0.05) is 26.7 Å². The summed E-state index contributed by atoms with van der Waals surface area (Å²) in [5.41, 5.74) is 4.03. The van der Waals surface area contributed by atoms with E-state index in [1.165, 1.54) is 25.7 Å². The highest BCUT2D eigenvalue weighted by atomic mass is 16.5. The second-order valence-electron chi connectivity index (χ2n) is 15.9. The minimum atomic E-state index is -0.257. The van der Waals surface area contributed by atoms with Crippen molar-refractivity contribution in [1.82, 2.24) is 30.0 Å². The monoisotopic (exact) mass is 728 g/mol. The van der Waals surface area contributed by atoms with Crippen LogP contribution in [0.4, 0.5) is 0 Å². The van der Waals surface area contributed by atoms with Crippen LogP contribution >= 0.6 is 0 Å². The molecule has 10 nitrogen and oxygen atoms in total. The predicted octanol–water partition coefficient (Wildman–Crippen LogP) is 8.07. The first-order valence-corrected chi connectivity index (χ1v) is 20.0. The van der Waals surface area contributed by atoms with Crippen molar-refractivity contribution < 1.29 is 18.9 Å². The lowest BCUT2D eigenvalue weighted by Crippen LogP contribution is -2.56. The lowest BCUT2D eigenvalue weighted by atomic mass is 9.72. The van der Waals surface area contributed by atoms with Gasteiger partial charge in [-0.2, -0.15) is 0 Å². The molecule has 2 aromatic carbocycles. The fourth-order valence-electron chi connectivity index (χ4n) is 10.4. The fourth-order valence-corrected chi connectivity index (χ4v) is 10.4. The van der Waals surface area contributed by atoms with Crippen molar-refractivity contribution in [2.45, 2.75) is 76.7 Å². The Morgan fingerprint density at radius 2 is 1.09 bits per heavy atom. The van der Waals surface area contributed by atoms with Crippen molar-refractivity contribution in [2.75, 3.05) is 40.4 Å². The van der Waals surface area contributed by atoms with Gasteiger partial charge in [0.2, 0.25) is 11.8 Å². The van der Waals surface area contributed by atoms with Gasteiger partial charge in [0, 0.05) is 59.5 Å². The predicted molar refractivity (Wildman–Crippen MR) is 209 cm³/mol. The van der Waals surface area contributed by atoms with Crippen molar-refractivity contribution in [3.05, 3.63) is 84.2 Å². The van der Waals surface area contributed by atoms with Gasteiger partial charge >= 0.3 is 0 Å². The van der Waals surface area contributed by atoms with Gasteiger partial charge in [-0.15, -0.1) is 10.2 Å². The number of piperidine rings is 6. The van der Waals surface area contributed by atoms with Crippen molar-refractivity contribution in [1.29, 1.82) is 0 Å². The lowest BCUT2D eigenvalue weighted by molar-refractivity contribution is -0.0511. The third-order valence-corrected chi connectivity index (χ3v) is 13.3. The van der Waals surface area contributed by atoms with E-state index in [0.717, 1.165) is 95.3 Å². The third-order valence-electron chi connectivity index (χ3n) is 13.3. The maximum Gasteiger partial charge on any atom is 0.234 e. The number of aromatic nitrogens is 4. The molecule has 6 aliphatic rings. The van der Waals surface area contributed by atoms with Crippen molar-refractivity contribution in [3.8, 4) is 23.3 Å². The number of ether oxygens (including phenoxy) is 4. The summed E-state index contributed by atoms with van der Waals surface area (Å²) < 4.78 is 25.3. The molecule has 3 aromatic heterocycles. The zero-order valence-corrected chi connectivity index (χ0v) is 31.9. The summed E-state index contributed by atoms with van der Waals surface area (Å²) in [5.74, 6) is 5.42. The maximum absolute atomic E-state index is 6.98. The number of benzene rings is 2. The van der Waals surface area contributed by atoms with Gasteiger partial charge in [0.25, 0.3) is 0 Å². The van der Waals surface area contributed by atoms with E-state index in [0.29, 0.717) is 23.6 Å². The van der Waals surface area contributed by atoms with Crippen LogP contribution in [0.3, 0.4) is 0 Å². The second-order valence-corrected chi connectivity index (χ2v) is 15.9. The van der Waals surface area contributed by atoms with Gasteiger partial charge < -0.3 is 18.9 Å². The maximum atomic E-state index is 6.98. The molecule has 5 aromatic rings. The van der Waals surface area contributed by atoms with E-state index >= 15 is 0 Å². The first-order chi connectivity index (χ1) is 26.5. The van der Waals surface area contributed by atoms with E-state index < -0.39 is 0 Å². The highest BCUT2D eigenvalue weighted by Gasteiger charge is 2.46. The number of hydrogen-bond acceptors (Lipinski definition) is 10. The molecular weight excluding hydrogens is 677 g/mol. The van der Waals surface area contributed by atoms with Gasteiger partial charge in [-0.3, -0.25) is 19.8 Å². The molecule has 54 heavy (non-hydrogen) atoms. The molecule has 10 atom stereocenters. The molecule has 0 N–H and O–H groups in total. The van der Waals surface area contributed by atoms with Crippen LogP contribution in [0.2, 0.25) is 0 Å². The Bertz CT molecular complexity index is 1950. The molecule has 9 heterocycles. The Hall–Kier alpha value is -4.54. The number of rotatable bonds is 12. The molecule has 0 spiro atoms. The van der Waals surface area contributed by atoms with Crippen molar-refractivity contribution in [2.24, 2.45) is 23.7 Å². The zero-order valence-electron chi connectivity index (χ0n) is 31.9. The molecular formula is C44H52N6O4. The lowest BCUT2D eigenvalue weighted by Gasteiger charge is -2.52. The summed E-state index contributed by atoms with van der Waals surface area (Å²) in [5, 5.41) is 11.5. The highest BCUT2D eigenvalue weighted by molar-refractivity contribution is 5.85. The van der Waals surface area contributed by atoms with Crippen LogP contribution in [-0.4, -0.2) is 82.4 Å². The van der Waals surface area contributed by atoms with Crippen LogP contribution in [0.15, 0.2) is 73.1 Å². The SMILES string of the molecule is CC[C@H]1CN2CC[C@H]1C[C@@H]2[C@@H](Oc1ccc(O[C@H](c2ccnc3ccc(OC)cc23)[C@@H]2C[C@@H]3CCN2C[C@@H]3CC)nn1)c1ccnc2ccc(OC)cc12. The molecule has 6 saturated heterocycles. The van der Waals surface area contributed by atoms with E-state index in [9.17, 15) is 0 Å². The number of nitrogens with zero attached hydrogens (tertiary/aromatic N) is 6. The van der Waals surface area contributed by atoms with E-state index in [2.05, 4.69) is 47.9 Å².